The van der Waals surface area contributed by atoms with Crippen molar-refractivity contribution in [3.8, 4) is 0 Å². The maximum atomic E-state index is 11.2. The molecule has 0 bridgehead atoms. The summed E-state index contributed by atoms with van der Waals surface area (Å²) in [5.41, 5.74) is 0. The lowest BCUT2D eigenvalue weighted by molar-refractivity contribution is -0.121. The smallest absolute Gasteiger partial charge is 0.221 e. The van der Waals surface area contributed by atoms with Crippen LogP contribution < -0.4 is 5.32 Å². The molecule has 0 aromatic rings. The van der Waals surface area contributed by atoms with E-state index in [1.807, 2.05) is 13.8 Å². The molecule has 14 heavy (non-hydrogen) atoms. The molecular weight excluding hydrogens is 202 g/mol. The normalized spacial score (nSPS) is 11.7. The fourth-order valence-electron chi connectivity index (χ4n) is 1.07. The van der Waals surface area contributed by atoms with E-state index in [1.54, 1.807) is 0 Å². The second-order valence-electron chi connectivity index (χ2n) is 3.46. The van der Waals surface area contributed by atoms with Crippen molar-refractivity contribution < 1.29 is 13.2 Å². The van der Waals surface area contributed by atoms with Crippen LogP contribution >= 0.6 is 0 Å². The van der Waals surface area contributed by atoms with Crippen molar-refractivity contribution in [2.75, 3.05) is 12.0 Å². The van der Waals surface area contributed by atoms with Crippen LogP contribution in [-0.4, -0.2) is 32.4 Å². The van der Waals surface area contributed by atoms with E-state index in [9.17, 15) is 13.2 Å². The maximum Gasteiger partial charge on any atom is 0.221 e. The van der Waals surface area contributed by atoms with Crippen molar-refractivity contribution >= 4 is 15.7 Å². The molecule has 0 aromatic carbocycles. The minimum absolute atomic E-state index is 0.0648. The van der Waals surface area contributed by atoms with Gasteiger partial charge in [0.05, 0.1) is 5.75 Å². The summed E-state index contributed by atoms with van der Waals surface area (Å²) in [6.07, 6.45) is 2.95. The van der Waals surface area contributed by atoms with Gasteiger partial charge in [-0.05, 0) is 12.8 Å². The molecule has 0 radical (unpaired) electrons. The summed E-state index contributed by atoms with van der Waals surface area (Å²) in [7, 11) is -3.03. The molecule has 0 atom stereocenters. The van der Waals surface area contributed by atoms with Gasteiger partial charge in [0.15, 0.2) is 0 Å². The van der Waals surface area contributed by atoms with Crippen LogP contribution in [0.1, 0.15) is 33.1 Å². The first kappa shape index (κ1) is 13.4. The monoisotopic (exact) mass is 221 g/mol. The number of sulfone groups is 1. The third-order valence-electron chi connectivity index (χ3n) is 2.05. The number of amides is 1. The molecule has 0 aliphatic heterocycles. The van der Waals surface area contributed by atoms with Gasteiger partial charge in [0.25, 0.3) is 0 Å². The summed E-state index contributed by atoms with van der Waals surface area (Å²) in [5, 5.41) is 2.79. The van der Waals surface area contributed by atoms with Gasteiger partial charge < -0.3 is 5.32 Å². The molecule has 0 aromatic heterocycles. The highest BCUT2D eigenvalue weighted by Crippen LogP contribution is 1.97. The number of hydrogen-bond acceptors (Lipinski definition) is 3. The van der Waals surface area contributed by atoms with E-state index < -0.39 is 9.84 Å². The van der Waals surface area contributed by atoms with Crippen LogP contribution in [0.4, 0.5) is 0 Å². The average molecular weight is 221 g/mol. The molecule has 0 spiro atoms. The third-order valence-corrected chi connectivity index (χ3v) is 3.00. The van der Waals surface area contributed by atoms with Crippen molar-refractivity contribution in [2.45, 2.75) is 39.2 Å². The van der Waals surface area contributed by atoms with Crippen molar-refractivity contribution in [2.24, 2.45) is 0 Å². The quantitative estimate of drug-likeness (QED) is 0.719. The third kappa shape index (κ3) is 6.88. The van der Waals surface area contributed by atoms with Gasteiger partial charge in [-0.25, -0.2) is 8.42 Å². The van der Waals surface area contributed by atoms with E-state index in [-0.39, 0.29) is 24.1 Å². The van der Waals surface area contributed by atoms with Crippen molar-refractivity contribution in [3.05, 3.63) is 0 Å². The topological polar surface area (TPSA) is 63.2 Å². The van der Waals surface area contributed by atoms with Crippen LogP contribution in [0.2, 0.25) is 0 Å². The molecule has 0 rings (SSSR count). The van der Waals surface area contributed by atoms with E-state index in [0.29, 0.717) is 0 Å². The SMILES string of the molecule is CCC(CC)NC(=O)CCS(C)(=O)=O. The van der Waals surface area contributed by atoms with Crippen molar-refractivity contribution in [1.29, 1.82) is 0 Å². The lowest BCUT2D eigenvalue weighted by Crippen LogP contribution is -2.34. The second kappa shape index (κ2) is 6.01. The number of carbonyl (C=O) groups is 1. The average Bonchev–Trinajstić information content (AvgIpc) is 2.09. The largest absolute Gasteiger partial charge is 0.353 e. The predicted octanol–water partition coefficient (Wildman–Crippen LogP) is 0.726. The Balaban J connectivity index is 3.87. The Labute approximate surface area is 86.0 Å². The van der Waals surface area contributed by atoms with Crippen LogP contribution in [0.15, 0.2) is 0 Å². The van der Waals surface area contributed by atoms with Crippen LogP contribution in [-0.2, 0) is 14.6 Å². The molecule has 4 nitrogen and oxygen atoms in total. The van der Waals surface area contributed by atoms with Gasteiger partial charge in [0.1, 0.15) is 9.84 Å². The molecule has 0 fully saturated rings. The molecule has 0 saturated heterocycles. The Morgan fingerprint density at radius 1 is 1.29 bits per heavy atom. The van der Waals surface area contributed by atoms with E-state index in [2.05, 4.69) is 5.32 Å². The Kier molecular flexibility index (Phi) is 5.76. The summed E-state index contributed by atoms with van der Waals surface area (Å²) in [5.74, 6) is -0.247. The van der Waals surface area contributed by atoms with Crippen molar-refractivity contribution in [1.82, 2.24) is 5.32 Å². The highest BCUT2D eigenvalue weighted by Gasteiger charge is 2.10. The van der Waals surface area contributed by atoms with Crippen molar-refractivity contribution in [3.63, 3.8) is 0 Å². The molecule has 0 aliphatic carbocycles. The molecule has 0 unspecified atom stereocenters. The highest BCUT2D eigenvalue weighted by atomic mass is 32.2. The Morgan fingerprint density at radius 2 is 1.79 bits per heavy atom. The van der Waals surface area contributed by atoms with Gasteiger partial charge in [-0.2, -0.15) is 0 Å². The fourth-order valence-corrected chi connectivity index (χ4v) is 1.63. The van der Waals surface area contributed by atoms with Crippen LogP contribution in [0.25, 0.3) is 0 Å². The summed E-state index contributed by atoms with van der Waals surface area (Å²) >= 11 is 0. The van der Waals surface area contributed by atoms with Crippen LogP contribution in [0.3, 0.4) is 0 Å². The molecule has 0 saturated carbocycles. The second-order valence-corrected chi connectivity index (χ2v) is 5.72. The Hall–Kier alpha value is -0.580. The van der Waals surface area contributed by atoms with Crippen LogP contribution in [0, 0.1) is 0 Å². The van der Waals surface area contributed by atoms with E-state index >= 15 is 0 Å². The minimum Gasteiger partial charge on any atom is -0.353 e. The number of nitrogens with one attached hydrogen (secondary N) is 1. The fraction of sp³-hybridized carbons (Fsp3) is 0.889. The van der Waals surface area contributed by atoms with E-state index in [1.165, 1.54) is 0 Å². The van der Waals surface area contributed by atoms with Gasteiger partial charge in [-0.3, -0.25) is 4.79 Å². The summed E-state index contributed by atoms with van der Waals surface area (Å²) in [4.78, 5) is 11.2. The number of hydrogen-bond donors (Lipinski definition) is 1. The minimum atomic E-state index is -3.03. The van der Waals surface area contributed by atoms with Crippen LogP contribution in [0.5, 0.6) is 0 Å². The first-order valence-corrected chi connectivity index (χ1v) is 6.92. The Morgan fingerprint density at radius 3 is 2.14 bits per heavy atom. The number of carbonyl (C=O) groups excluding carboxylic acids is 1. The molecular formula is C9H19NO3S. The van der Waals surface area contributed by atoms with Gasteiger partial charge >= 0.3 is 0 Å². The Bertz CT molecular complexity index is 268. The lowest BCUT2D eigenvalue weighted by atomic mass is 10.2. The zero-order chi connectivity index (χ0) is 11.2. The summed E-state index contributed by atoms with van der Waals surface area (Å²) in [6.45, 7) is 3.98. The first-order valence-electron chi connectivity index (χ1n) is 4.86. The summed E-state index contributed by atoms with van der Waals surface area (Å²) in [6, 6.07) is 0.169. The predicted molar refractivity (Wildman–Crippen MR) is 56.8 cm³/mol. The maximum absolute atomic E-state index is 11.2. The molecule has 0 aliphatic rings. The molecule has 1 N–H and O–H groups in total. The zero-order valence-electron chi connectivity index (χ0n) is 9.04. The van der Waals surface area contributed by atoms with Gasteiger partial charge in [-0.15, -0.1) is 0 Å². The van der Waals surface area contributed by atoms with Gasteiger partial charge in [0, 0.05) is 18.7 Å². The van der Waals surface area contributed by atoms with Gasteiger partial charge in [-0.1, -0.05) is 13.8 Å². The first-order chi connectivity index (χ1) is 6.39. The summed E-state index contributed by atoms with van der Waals surface area (Å²) < 4.78 is 21.6. The molecule has 84 valence electrons. The van der Waals surface area contributed by atoms with Gasteiger partial charge in [0.2, 0.25) is 5.91 Å². The van der Waals surface area contributed by atoms with E-state index in [0.717, 1.165) is 19.1 Å². The molecule has 0 heterocycles. The highest BCUT2D eigenvalue weighted by molar-refractivity contribution is 7.90. The molecule has 1 amide bonds. The molecule has 5 heteroatoms. The number of rotatable bonds is 6. The lowest BCUT2D eigenvalue weighted by Gasteiger charge is -2.14. The standard InChI is InChI=1S/C9H19NO3S/c1-4-8(5-2)10-9(11)6-7-14(3,12)13/h8H,4-7H2,1-3H3,(H,10,11). The van der Waals surface area contributed by atoms with E-state index in [4.69, 9.17) is 0 Å². The zero-order valence-corrected chi connectivity index (χ0v) is 9.86.